The molecule has 21 heavy (non-hydrogen) atoms. The van der Waals surface area contributed by atoms with Crippen molar-refractivity contribution in [3.8, 4) is 5.75 Å². The van der Waals surface area contributed by atoms with Crippen LogP contribution in [0.25, 0.3) is 0 Å². The average molecular weight is 286 g/mol. The number of nitrogens with zero attached hydrogens (tertiary/aromatic N) is 1. The first-order valence-corrected chi connectivity index (χ1v) is 8.46. The van der Waals surface area contributed by atoms with Crippen LogP contribution in [0.5, 0.6) is 5.75 Å². The highest BCUT2D eigenvalue weighted by atomic mass is 16.5. The Hall–Kier alpha value is -1.06. The molecule has 0 spiro atoms. The third-order valence-electron chi connectivity index (χ3n) is 5.47. The molecule has 0 radical (unpaired) electrons. The summed E-state index contributed by atoms with van der Waals surface area (Å²) in [7, 11) is 1.78. The Balaban J connectivity index is 1.27. The van der Waals surface area contributed by atoms with E-state index in [1.165, 1.54) is 50.8 Å². The molecule has 1 heterocycles. The minimum Gasteiger partial charge on any atom is -0.496 e. The van der Waals surface area contributed by atoms with Gasteiger partial charge in [0.2, 0.25) is 0 Å². The molecule has 1 unspecified atom stereocenters. The summed E-state index contributed by atoms with van der Waals surface area (Å²) < 4.78 is 5.49. The van der Waals surface area contributed by atoms with E-state index in [0.29, 0.717) is 12.0 Å². The lowest BCUT2D eigenvalue weighted by Crippen LogP contribution is -2.46. The van der Waals surface area contributed by atoms with Crippen LogP contribution in [-0.2, 0) is 0 Å². The molecule has 0 bridgehead atoms. The molecule has 2 saturated carbocycles. The molecule has 3 heteroatoms. The van der Waals surface area contributed by atoms with Crippen molar-refractivity contribution in [2.75, 3.05) is 20.2 Å². The van der Waals surface area contributed by atoms with Crippen molar-refractivity contribution in [1.29, 1.82) is 0 Å². The molecular weight excluding hydrogens is 260 g/mol. The van der Waals surface area contributed by atoms with E-state index in [1.54, 1.807) is 7.11 Å². The maximum atomic E-state index is 5.49. The lowest BCUT2D eigenvalue weighted by atomic mass is 9.75. The van der Waals surface area contributed by atoms with Crippen LogP contribution in [0, 0.1) is 0 Å². The van der Waals surface area contributed by atoms with Crippen molar-refractivity contribution in [2.45, 2.75) is 56.1 Å². The average Bonchev–Trinajstić information content (AvgIpc) is 3.22. The van der Waals surface area contributed by atoms with E-state index >= 15 is 0 Å². The number of hydrogen-bond donors (Lipinski definition) is 1. The molecule has 114 valence electrons. The van der Waals surface area contributed by atoms with E-state index in [2.05, 4.69) is 34.5 Å². The van der Waals surface area contributed by atoms with Crippen molar-refractivity contribution < 1.29 is 4.74 Å². The second kappa shape index (κ2) is 5.62. The highest BCUT2D eigenvalue weighted by molar-refractivity contribution is 5.37. The van der Waals surface area contributed by atoms with Gasteiger partial charge in [-0.2, -0.15) is 0 Å². The molecule has 0 aromatic heterocycles. The number of hydrogen-bond acceptors (Lipinski definition) is 3. The van der Waals surface area contributed by atoms with Crippen LogP contribution >= 0.6 is 0 Å². The molecule has 2 aliphatic carbocycles. The highest BCUT2D eigenvalue weighted by Gasteiger charge is 2.37. The molecule has 1 atom stereocenters. The zero-order valence-corrected chi connectivity index (χ0v) is 12.9. The van der Waals surface area contributed by atoms with Gasteiger partial charge in [0.1, 0.15) is 5.75 Å². The quantitative estimate of drug-likeness (QED) is 0.901. The fraction of sp³-hybridized carbons (Fsp3) is 0.667. The van der Waals surface area contributed by atoms with Crippen molar-refractivity contribution in [1.82, 2.24) is 10.2 Å². The third-order valence-corrected chi connectivity index (χ3v) is 5.47. The first-order valence-electron chi connectivity index (χ1n) is 8.46. The molecule has 1 N–H and O–H groups in total. The number of ether oxygens (including phenoxy) is 1. The SMILES string of the molecule is COc1ccccc1C1CC(NC2CCN(C3CC3)C2)C1. The molecule has 1 aromatic carbocycles. The third kappa shape index (κ3) is 2.82. The van der Waals surface area contributed by atoms with Crippen LogP contribution in [0.1, 0.15) is 43.6 Å². The summed E-state index contributed by atoms with van der Waals surface area (Å²) in [4.78, 5) is 2.69. The summed E-state index contributed by atoms with van der Waals surface area (Å²) in [6.07, 6.45) is 6.74. The van der Waals surface area contributed by atoms with Gasteiger partial charge in [-0.3, -0.25) is 4.90 Å². The second-order valence-electron chi connectivity index (χ2n) is 6.99. The van der Waals surface area contributed by atoms with Crippen LogP contribution in [0.4, 0.5) is 0 Å². The standard InChI is InChI=1S/C18H26N2O/c1-21-18-5-3-2-4-17(18)13-10-15(11-13)19-14-8-9-20(12-14)16-6-7-16/h2-5,13-16,19H,6-12H2,1H3. The van der Waals surface area contributed by atoms with Gasteiger partial charge in [-0.15, -0.1) is 0 Å². The molecule has 0 amide bonds. The summed E-state index contributed by atoms with van der Waals surface area (Å²) in [5.41, 5.74) is 1.39. The lowest BCUT2D eigenvalue weighted by Gasteiger charge is -2.38. The Morgan fingerprint density at radius 2 is 1.90 bits per heavy atom. The van der Waals surface area contributed by atoms with Gasteiger partial charge in [-0.1, -0.05) is 18.2 Å². The van der Waals surface area contributed by atoms with Gasteiger partial charge in [0.15, 0.2) is 0 Å². The zero-order valence-electron chi connectivity index (χ0n) is 12.9. The van der Waals surface area contributed by atoms with Crippen LogP contribution in [0.15, 0.2) is 24.3 Å². The predicted molar refractivity (Wildman–Crippen MR) is 84.9 cm³/mol. The number of methoxy groups -OCH3 is 1. The van der Waals surface area contributed by atoms with Crippen molar-refractivity contribution in [2.24, 2.45) is 0 Å². The Kier molecular flexibility index (Phi) is 3.64. The number of rotatable bonds is 5. The number of nitrogens with one attached hydrogen (secondary N) is 1. The molecular formula is C18H26N2O. The highest BCUT2D eigenvalue weighted by Crippen LogP contribution is 2.41. The molecule has 4 rings (SSSR count). The maximum Gasteiger partial charge on any atom is 0.122 e. The summed E-state index contributed by atoms with van der Waals surface area (Å²) in [6.45, 7) is 2.59. The largest absolute Gasteiger partial charge is 0.496 e. The normalized spacial score (nSPS) is 32.9. The first kappa shape index (κ1) is 13.6. The van der Waals surface area contributed by atoms with Crippen LogP contribution in [0.3, 0.4) is 0 Å². The second-order valence-corrected chi connectivity index (χ2v) is 6.99. The van der Waals surface area contributed by atoms with Gasteiger partial charge in [0.05, 0.1) is 7.11 Å². The molecule has 3 fully saturated rings. The van der Waals surface area contributed by atoms with Gasteiger partial charge >= 0.3 is 0 Å². The van der Waals surface area contributed by atoms with Gasteiger partial charge in [-0.05, 0) is 49.7 Å². The predicted octanol–water partition coefficient (Wildman–Crippen LogP) is 2.77. The fourth-order valence-corrected chi connectivity index (χ4v) is 4.04. The minimum absolute atomic E-state index is 0.680. The number of para-hydroxylation sites is 1. The van der Waals surface area contributed by atoms with E-state index in [0.717, 1.165) is 17.8 Å². The van der Waals surface area contributed by atoms with E-state index in [4.69, 9.17) is 4.74 Å². The number of benzene rings is 1. The maximum absolute atomic E-state index is 5.49. The zero-order chi connectivity index (χ0) is 14.2. The topological polar surface area (TPSA) is 24.5 Å². The summed E-state index contributed by atoms with van der Waals surface area (Å²) in [5, 5.41) is 3.88. The van der Waals surface area contributed by atoms with E-state index < -0.39 is 0 Å². The van der Waals surface area contributed by atoms with Crippen LogP contribution in [-0.4, -0.2) is 43.2 Å². The summed E-state index contributed by atoms with van der Waals surface area (Å²) in [5.74, 6) is 1.74. The number of likely N-dealkylation sites (tertiary alicyclic amines) is 1. The molecule has 3 aliphatic rings. The summed E-state index contributed by atoms with van der Waals surface area (Å²) >= 11 is 0. The van der Waals surface area contributed by atoms with Crippen molar-refractivity contribution in [3.63, 3.8) is 0 Å². The lowest BCUT2D eigenvalue weighted by molar-refractivity contribution is 0.251. The molecule has 1 aliphatic heterocycles. The Morgan fingerprint density at radius 1 is 1.10 bits per heavy atom. The van der Waals surface area contributed by atoms with Gasteiger partial charge in [0, 0.05) is 31.2 Å². The van der Waals surface area contributed by atoms with Gasteiger partial charge in [0.25, 0.3) is 0 Å². The monoisotopic (exact) mass is 286 g/mol. The Bertz CT molecular complexity index is 494. The van der Waals surface area contributed by atoms with E-state index in [-0.39, 0.29) is 0 Å². The van der Waals surface area contributed by atoms with E-state index in [9.17, 15) is 0 Å². The van der Waals surface area contributed by atoms with E-state index in [1.807, 2.05) is 0 Å². The molecule has 1 saturated heterocycles. The summed E-state index contributed by atoms with van der Waals surface area (Å²) in [6, 6.07) is 10.9. The minimum atomic E-state index is 0.680. The Labute approximate surface area is 127 Å². The van der Waals surface area contributed by atoms with Gasteiger partial charge < -0.3 is 10.1 Å². The van der Waals surface area contributed by atoms with Crippen LogP contribution < -0.4 is 10.1 Å². The fourth-order valence-electron chi connectivity index (χ4n) is 4.04. The smallest absolute Gasteiger partial charge is 0.122 e. The molecule has 1 aromatic rings. The Morgan fingerprint density at radius 3 is 2.67 bits per heavy atom. The van der Waals surface area contributed by atoms with Crippen LogP contribution in [0.2, 0.25) is 0 Å². The van der Waals surface area contributed by atoms with Crippen molar-refractivity contribution in [3.05, 3.63) is 29.8 Å². The molecule has 3 nitrogen and oxygen atoms in total. The van der Waals surface area contributed by atoms with Gasteiger partial charge in [-0.25, -0.2) is 0 Å². The van der Waals surface area contributed by atoms with Crippen molar-refractivity contribution >= 4 is 0 Å². The first-order chi connectivity index (χ1) is 10.3.